The van der Waals surface area contributed by atoms with Gasteiger partial charge in [0.1, 0.15) is 11.6 Å². The summed E-state index contributed by atoms with van der Waals surface area (Å²) in [5.74, 6) is -0.894. The summed E-state index contributed by atoms with van der Waals surface area (Å²) in [5, 5.41) is 10.8. The zero-order valence-corrected chi connectivity index (χ0v) is 15.5. The number of hydrogen-bond acceptors (Lipinski definition) is 5. The Kier molecular flexibility index (Phi) is 6.27. The maximum Gasteiger partial charge on any atom is 0.387 e. The second-order valence-corrected chi connectivity index (χ2v) is 6.70. The molecule has 1 N–H and O–H groups in total. The molecule has 1 aromatic heterocycles. The van der Waals surface area contributed by atoms with Crippen molar-refractivity contribution in [1.29, 1.82) is 0 Å². The number of aromatic nitrogens is 2. The molecule has 2 aromatic carbocycles. The van der Waals surface area contributed by atoms with Gasteiger partial charge in [0.25, 0.3) is 5.91 Å². The lowest BCUT2D eigenvalue weighted by atomic mass is 10.2. The van der Waals surface area contributed by atoms with Crippen LogP contribution in [0, 0.1) is 5.82 Å². The van der Waals surface area contributed by atoms with Crippen LogP contribution in [0.4, 0.5) is 18.9 Å². The molecule has 0 saturated carbocycles. The zero-order valence-electron chi connectivity index (χ0n) is 13.9. The quantitative estimate of drug-likeness (QED) is 0.584. The monoisotopic (exact) mass is 425 g/mol. The summed E-state index contributed by atoms with van der Waals surface area (Å²) in [7, 11) is 0. The van der Waals surface area contributed by atoms with Gasteiger partial charge in [-0.3, -0.25) is 4.79 Å². The molecule has 0 bridgehead atoms. The largest absolute Gasteiger partial charge is 0.435 e. The standard InChI is InChI=1S/C18H11ClF3N3O2S/c19-14(9-10-1-7-13(8-2-10)27-18(21)22)16-24-25-17(28-16)15(26)23-12-5-3-11(20)4-6-12/h1-9,18H,(H,23,26)/b14-9-. The predicted octanol–water partition coefficient (Wildman–Crippen LogP) is 5.27. The van der Waals surface area contributed by atoms with E-state index < -0.39 is 18.3 Å². The van der Waals surface area contributed by atoms with Crippen LogP contribution >= 0.6 is 22.9 Å². The molecule has 3 aromatic rings. The highest BCUT2D eigenvalue weighted by molar-refractivity contribution is 7.15. The summed E-state index contributed by atoms with van der Waals surface area (Å²) in [5.41, 5.74) is 1.04. The Morgan fingerprint density at radius 2 is 1.71 bits per heavy atom. The molecular weight excluding hydrogens is 415 g/mol. The molecule has 0 spiro atoms. The Morgan fingerprint density at radius 1 is 1.07 bits per heavy atom. The number of benzene rings is 2. The molecule has 0 aliphatic carbocycles. The molecule has 0 saturated heterocycles. The van der Waals surface area contributed by atoms with Crippen molar-refractivity contribution in [1.82, 2.24) is 10.2 Å². The number of nitrogens with zero attached hydrogens (tertiary/aromatic N) is 2. The van der Waals surface area contributed by atoms with Crippen LogP contribution in [-0.4, -0.2) is 22.7 Å². The van der Waals surface area contributed by atoms with Crippen LogP contribution in [-0.2, 0) is 0 Å². The highest BCUT2D eigenvalue weighted by atomic mass is 35.5. The summed E-state index contributed by atoms with van der Waals surface area (Å²) in [6.45, 7) is -2.90. The number of amides is 1. The van der Waals surface area contributed by atoms with Crippen molar-refractivity contribution in [2.45, 2.75) is 6.61 Å². The molecule has 0 aliphatic rings. The summed E-state index contributed by atoms with van der Waals surface area (Å²) < 4.78 is 41.5. The molecule has 3 rings (SSSR count). The first kappa shape index (κ1) is 19.8. The van der Waals surface area contributed by atoms with E-state index >= 15 is 0 Å². The minimum Gasteiger partial charge on any atom is -0.435 e. The van der Waals surface area contributed by atoms with Crippen LogP contribution in [0.5, 0.6) is 5.75 Å². The number of hydrogen-bond donors (Lipinski definition) is 1. The molecule has 28 heavy (non-hydrogen) atoms. The van der Waals surface area contributed by atoms with Crippen LogP contribution in [0.15, 0.2) is 48.5 Å². The number of anilines is 1. The minimum atomic E-state index is -2.90. The first-order chi connectivity index (χ1) is 13.4. The number of alkyl halides is 2. The van der Waals surface area contributed by atoms with E-state index in [0.717, 1.165) is 11.3 Å². The Balaban J connectivity index is 1.69. The van der Waals surface area contributed by atoms with Gasteiger partial charge in [0.05, 0.1) is 5.03 Å². The minimum absolute atomic E-state index is 0.0268. The van der Waals surface area contributed by atoms with Gasteiger partial charge >= 0.3 is 6.61 Å². The highest BCUT2D eigenvalue weighted by Crippen LogP contribution is 2.26. The first-order valence-electron chi connectivity index (χ1n) is 7.73. The van der Waals surface area contributed by atoms with E-state index in [1.54, 1.807) is 18.2 Å². The fourth-order valence-corrected chi connectivity index (χ4v) is 3.01. The molecule has 1 heterocycles. The molecule has 0 radical (unpaired) electrons. The number of halogens is 4. The van der Waals surface area contributed by atoms with E-state index in [1.165, 1.54) is 36.4 Å². The lowest BCUT2D eigenvalue weighted by Crippen LogP contribution is -2.11. The van der Waals surface area contributed by atoms with Gasteiger partial charge in [-0.05, 0) is 48.0 Å². The predicted molar refractivity (Wildman–Crippen MR) is 101 cm³/mol. The van der Waals surface area contributed by atoms with E-state index in [4.69, 9.17) is 11.6 Å². The van der Waals surface area contributed by atoms with E-state index in [1.807, 2.05) is 0 Å². The van der Waals surface area contributed by atoms with Gasteiger partial charge in [-0.1, -0.05) is 35.1 Å². The Labute approximate surface area is 166 Å². The fourth-order valence-electron chi connectivity index (χ4n) is 2.08. The van der Waals surface area contributed by atoms with Gasteiger partial charge in [0, 0.05) is 5.69 Å². The second-order valence-electron chi connectivity index (χ2n) is 5.31. The average molecular weight is 426 g/mol. The molecule has 144 valence electrons. The van der Waals surface area contributed by atoms with Crippen molar-refractivity contribution >= 4 is 45.6 Å². The number of rotatable bonds is 6. The molecule has 1 amide bonds. The average Bonchev–Trinajstić information content (AvgIpc) is 3.15. The number of carbonyl (C=O) groups is 1. The van der Waals surface area contributed by atoms with Gasteiger partial charge in [-0.25, -0.2) is 4.39 Å². The summed E-state index contributed by atoms with van der Waals surface area (Å²) in [4.78, 5) is 12.2. The van der Waals surface area contributed by atoms with Crippen molar-refractivity contribution in [3.63, 3.8) is 0 Å². The van der Waals surface area contributed by atoms with E-state index in [9.17, 15) is 18.0 Å². The van der Waals surface area contributed by atoms with Crippen molar-refractivity contribution in [3.8, 4) is 5.75 Å². The molecule has 0 atom stereocenters. The van der Waals surface area contributed by atoms with Gasteiger partial charge in [-0.2, -0.15) is 8.78 Å². The molecule has 10 heteroatoms. The van der Waals surface area contributed by atoms with Gasteiger partial charge < -0.3 is 10.1 Å². The topological polar surface area (TPSA) is 64.1 Å². The SMILES string of the molecule is O=C(Nc1ccc(F)cc1)c1nnc(/C(Cl)=C/c2ccc(OC(F)F)cc2)s1. The van der Waals surface area contributed by atoms with Crippen LogP contribution in [0.3, 0.4) is 0 Å². The molecular formula is C18H11ClF3N3O2S. The number of nitrogens with one attached hydrogen (secondary N) is 1. The third-order valence-electron chi connectivity index (χ3n) is 3.32. The molecule has 5 nitrogen and oxygen atoms in total. The third kappa shape index (κ3) is 5.30. The first-order valence-corrected chi connectivity index (χ1v) is 8.93. The van der Waals surface area contributed by atoms with Crippen LogP contribution in [0.25, 0.3) is 11.1 Å². The van der Waals surface area contributed by atoms with Crippen LogP contribution in [0.2, 0.25) is 0 Å². The Morgan fingerprint density at radius 3 is 2.36 bits per heavy atom. The van der Waals surface area contributed by atoms with E-state index in [2.05, 4.69) is 20.3 Å². The van der Waals surface area contributed by atoms with E-state index in [-0.39, 0.29) is 15.8 Å². The molecule has 0 aliphatic heterocycles. The molecule has 0 fully saturated rings. The van der Waals surface area contributed by atoms with Crippen molar-refractivity contribution < 1.29 is 22.7 Å². The summed E-state index contributed by atoms with van der Waals surface area (Å²) in [6.07, 6.45) is 1.55. The lowest BCUT2D eigenvalue weighted by molar-refractivity contribution is -0.0498. The number of carbonyl (C=O) groups excluding carboxylic acids is 1. The fraction of sp³-hybridized carbons (Fsp3) is 0.0556. The smallest absolute Gasteiger partial charge is 0.387 e. The van der Waals surface area contributed by atoms with Crippen molar-refractivity contribution in [2.75, 3.05) is 5.32 Å². The normalized spacial score (nSPS) is 11.5. The van der Waals surface area contributed by atoms with Crippen LogP contribution in [0.1, 0.15) is 20.4 Å². The van der Waals surface area contributed by atoms with Crippen molar-refractivity contribution in [3.05, 3.63) is 69.9 Å². The van der Waals surface area contributed by atoms with Gasteiger partial charge in [-0.15, -0.1) is 10.2 Å². The maximum absolute atomic E-state index is 12.9. The molecule has 0 unspecified atom stereocenters. The maximum atomic E-state index is 12.9. The summed E-state index contributed by atoms with van der Waals surface area (Å²) in [6, 6.07) is 11.1. The zero-order chi connectivity index (χ0) is 20.1. The Hall–Kier alpha value is -2.91. The highest BCUT2D eigenvalue weighted by Gasteiger charge is 2.15. The Bertz CT molecular complexity index is 992. The second kappa shape index (κ2) is 8.85. The summed E-state index contributed by atoms with van der Waals surface area (Å²) >= 11 is 7.17. The third-order valence-corrected chi connectivity index (χ3v) is 4.68. The van der Waals surface area contributed by atoms with Crippen LogP contribution < -0.4 is 10.1 Å². The van der Waals surface area contributed by atoms with Crippen molar-refractivity contribution in [2.24, 2.45) is 0 Å². The number of ether oxygens (including phenoxy) is 1. The van der Waals surface area contributed by atoms with Gasteiger partial charge in [0.2, 0.25) is 5.01 Å². The lowest BCUT2D eigenvalue weighted by Gasteiger charge is -2.04. The van der Waals surface area contributed by atoms with Gasteiger partial charge in [0.15, 0.2) is 5.01 Å². The van der Waals surface area contributed by atoms with E-state index in [0.29, 0.717) is 16.3 Å².